The van der Waals surface area contributed by atoms with E-state index in [0.29, 0.717) is 18.4 Å². The smallest absolute Gasteiger partial charge is 0.241 e. The van der Waals surface area contributed by atoms with Crippen molar-refractivity contribution in [3.05, 3.63) is 41.6 Å². The first-order valence-electron chi connectivity index (χ1n) is 9.39. The van der Waals surface area contributed by atoms with E-state index in [0.717, 1.165) is 50.5 Å². The summed E-state index contributed by atoms with van der Waals surface area (Å²) in [4.78, 5) is 28.1. The van der Waals surface area contributed by atoms with Crippen molar-refractivity contribution in [3.8, 4) is 5.88 Å². The minimum Gasteiger partial charge on any atom is -0.481 e. The first-order chi connectivity index (χ1) is 13.1. The summed E-state index contributed by atoms with van der Waals surface area (Å²) < 4.78 is 5.25. The minimum atomic E-state index is 0.182. The number of benzene rings is 1. The van der Waals surface area contributed by atoms with Crippen LogP contribution in [-0.4, -0.2) is 67.2 Å². The van der Waals surface area contributed by atoms with Crippen molar-refractivity contribution in [3.63, 3.8) is 0 Å². The lowest BCUT2D eigenvalue weighted by Crippen LogP contribution is -2.50. The number of carbonyl (C=O) groups is 1. The number of rotatable bonds is 4. The second-order valence-electron chi connectivity index (χ2n) is 7.04. The molecule has 0 unspecified atom stereocenters. The minimum absolute atomic E-state index is 0.182. The quantitative estimate of drug-likeness (QED) is 0.816. The third-order valence-electron chi connectivity index (χ3n) is 5.23. The highest BCUT2D eigenvalue weighted by molar-refractivity contribution is 5.96. The van der Waals surface area contributed by atoms with Crippen molar-refractivity contribution in [1.29, 1.82) is 0 Å². The average Bonchev–Trinajstić information content (AvgIpc) is 3.12. The number of para-hydroxylation sites is 1. The number of amides is 1. The Morgan fingerprint density at radius 3 is 2.67 bits per heavy atom. The lowest BCUT2D eigenvalue weighted by atomic mass is 10.2. The van der Waals surface area contributed by atoms with Crippen LogP contribution in [0.4, 0.5) is 11.6 Å². The molecule has 0 saturated carbocycles. The summed E-state index contributed by atoms with van der Waals surface area (Å²) in [6.45, 7) is 6.43. The molecule has 1 aromatic carbocycles. The molecule has 0 N–H and O–H groups in total. The van der Waals surface area contributed by atoms with Crippen LogP contribution in [0.3, 0.4) is 0 Å². The summed E-state index contributed by atoms with van der Waals surface area (Å²) >= 11 is 0. The fraction of sp³-hybridized carbons (Fsp3) is 0.450. The van der Waals surface area contributed by atoms with Crippen LogP contribution in [0.25, 0.3) is 0 Å². The van der Waals surface area contributed by atoms with Crippen LogP contribution >= 0.6 is 0 Å². The molecule has 3 heterocycles. The molecule has 1 aromatic heterocycles. The number of aryl methyl sites for hydroxylation is 1. The number of ether oxygens (including phenoxy) is 1. The number of hydrogen-bond donors (Lipinski definition) is 0. The van der Waals surface area contributed by atoms with Gasteiger partial charge in [0, 0.05) is 50.2 Å². The van der Waals surface area contributed by atoms with Gasteiger partial charge >= 0.3 is 0 Å². The van der Waals surface area contributed by atoms with Gasteiger partial charge in [0.2, 0.25) is 17.7 Å². The number of carbonyl (C=O) groups excluding carboxylic acids is 1. The third-order valence-corrected chi connectivity index (χ3v) is 5.23. The van der Waals surface area contributed by atoms with Crippen LogP contribution in [-0.2, 0) is 11.2 Å². The van der Waals surface area contributed by atoms with Crippen molar-refractivity contribution in [2.45, 2.75) is 13.3 Å². The largest absolute Gasteiger partial charge is 0.481 e. The standard InChI is InChI=1S/C20H25N5O2/c1-15-13-18(27-2)22-20(21-15)24-11-9-23(10-12-24)14-19(26)25-8-7-16-5-3-4-6-17(16)25/h3-6,13H,7-12,14H2,1-2H3. The fourth-order valence-electron chi connectivity index (χ4n) is 3.75. The Kier molecular flexibility index (Phi) is 4.94. The number of aromatic nitrogens is 2. The number of anilines is 2. The zero-order chi connectivity index (χ0) is 18.8. The Morgan fingerprint density at radius 1 is 1.11 bits per heavy atom. The van der Waals surface area contributed by atoms with Crippen LogP contribution in [0.15, 0.2) is 30.3 Å². The van der Waals surface area contributed by atoms with Gasteiger partial charge in [0.05, 0.1) is 13.7 Å². The van der Waals surface area contributed by atoms with Gasteiger partial charge in [0.1, 0.15) is 0 Å². The van der Waals surface area contributed by atoms with E-state index in [4.69, 9.17) is 4.74 Å². The highest BCUT2D eigenvalue weighted by Crippen LogP contribution is 2.27. The molecule has 1 amide bonds. The highest BCUT2D eigenvalue weighted by atomic mass is 16.5. The van der Waals surface area contributed by atoms with E-state index in [2.05, 4.69) is 25.8 Å². The normalized spacial score (nSPS) is 17.1. The van der Waals surface area contributed by atoms with Gasteiger partial charge in [-0.3, -0.25) is 9.69 Å². The molecule has 1 saturated heterocycles. The predicted octanol–water partition coefficient (Wildman–Crippen LogP) is 1.50. The maximum atomic E-state index is 12.8. The van der Waals surface area contributed by atoms with Gasteiger partial charge in [-0.15, -0.1) is 0 Å². The van der Waals surface area contributed by atoms with Gasteiger partial charge in [-0.1, -0.05) is 18.2 Å². The monoisotopic (exact) mass is 367 g/mol. The molecule has 2 aromatic rings. The fourth-order valence-corrected chi connectivity index (χ4v) is 3.75. The van der Waals surface area contributed by atoms with E-state index in [9.17, 15) is 4.79 Å². The van der Waals surface area contributed by atoms with Crippen molar-refractivity contribution < 1.29 is 9.53 Å². The molecule has 0 spiro atoms. The highest BCUT2D eigenvalue weighted by Gasteiger charge is 2.27. The molecule has 0 radical (unpaired) electrons. The second kappa shape index (κ2) is 7.52. The van der Waals surface area contributed by atoms with Gasteiger partial charge in [-0.05, 0) is 25.0 Å². The molecule has 7 nitrogen and oxygen atoms in total. The molecule has 4 rings (SSSR count). The number of hydrogen-bond acceptors (Lipinski definition) is 6. The zero-order valence-corrected chi connectivity index (χ0v) is 15.9. The van der Waals surface area contributed by atoms with Crippen LogP contribution in [0, 0.1) is 6.92 Å². The van der Waals surface area contributed by atoms with E-state index in [1.165, 1.54) is 5.56 Å². The maximum absolute atomic E-state index is 12.8. The Labute approximate surface area is 159 Å². The molecule has 1 fully saturated rings. The van der Waals surface area contributed by atoms with Gasteiger partial charge in [-0.25, -0.2) is 4.98 Å². The van der Waals surface area contributed by atoms with Crippen molar-refractivity contribution in [1.82, 2.24) is 14.9 Å². The maximum Gasteiger partial charge on any atom is 0.241 e. The molecule has 0 atom stereocenters. The van der Waals surface area contributed by atoms with Crippen LogP contribution in [0.5, 0.6) is 5.88 Å². The first kappa shape index (κ1) is 17.7. The number of methoxy groups -OCH3 is 1. The Hall–Kier alpha value is -2.67. The molecule has 0 aliphatic carbocycles. The van der Waals surface area contributed by atoms with Crippen molar-refractivity contribution in [2.24, 2.45) is 0 Å². The van der Waals surface area contributed by atoms with Crippen LogP contribution in [0.2, 0.25) is 0 Å². The molecule has 2 aliphatic heterocycles. The third kappa shape index (κ3) is 3.73. The van der Waals surface area contributed by atoms with Crippen LogP contribution < -0.4 is 14.5 Å². The Morgan fingerprint density at radius 2 is 1.89 bits per heavy atom. The van der Waals surface area contributed by atoms with E-state index in [1.807, 2.05) is 36.1 Å². The Balaban J connectivity index is 1.35. The second-order valence-corrected chi connectivity index (χ2v) is 7.04. The predicted molar refractivity (Wildman–Crippen MR) is 104 cm³/mol. The van der Waals surface area contributed by atoms with E-state index >= 15 is 0 Å². The summed E-state index contributed by atoms with van der Waals surface area (Å²) in [5, 5.41) is 0. The molecule has 2 aliphatic rings. The van der Waals surface area contributed by atoms with Crippen molar-refractivity contribution in [2.75, 3.05) is 56.2 Å². The van der Waals surface area contributed by atoms with E-state index < -0.39 is 0 Å². The molecular weight excluding hydrogens is 342 g/mol. The van der Waals surface area contributed by atoms with Gasteiger partial charge in [0.15, 0.2) is 0 Å². The van der Waals surface area contributed by atoms with Crippen molar-refractivity contribution >= 4 is 17.5 Å². The molecule has 7 heteroatoms. The zero-order valence-electron chi connectivity index (χ0n) is 15.9. The van der Waals surface area contributed by atoms with E-state index in [-0.39, 0.29) is 5.91 Å². The molecular formula is C20H25N5O2. The van der Waals surface area contributed by atoms with Crippen LogP contribution in [0.1, 0.15) is 11.3 Å². The van der Waals surface area contributed by atoms with Gasteiger partial charge in [0.25, 0.3) is 0 Å². The SMILES string of the molecule is COc1cc(C)nc(N2CCN(CC(=O)N3CCc4ccccc43)CC2)n1. The van der Waals surface area contributed by atoms with Gasteiger partial charge < -0.3 is 14.5 Å². The summed E-state index contributed by atoms with van der Waals surface area (Å²) in [6.07, 6.45) is 0.947. The topological polar surface area (TPSA) is 61.8 Å². The average molecular weight is 367 g/mol. The summed E-state index contributed by atoms with van der Waals surface area (Å²) in [5.41, 5.74) is 3.23. The summed E-state index contributed by atoms with van der Waals surface area (Å²) in [7, 11) is 1.62. The summed E-state index contributed by atoms with van der Waals surface area (Å²) in [5.74, 6) is 1.47. The molecule has 0 bridgehead atoms. The van der Waals surface area contributed by atoms with E-state index in [1.54, 1.807) is 7.11 Å². The number of piperazine rings is 1. The summed E-state index contributed by atoms with van der Waals surface area (Å²) in [6, 6.07) is 10.0. The number of nitrogens with zero attached hydrogens (tertiary/aromatic N) is 5. The number of fused-ring (bicyclic) bond motifs is 1. The lowest BCUT2D eigenvalue weighted by Gasteiger charge is -2.35. The lowest BCUT2D eigenvalue weighted by molar-refractivity contribution is -0.119. The molecule has 142 valence electrons. The first-order valence-corrected chi connectivity index (χ1v) is 9.39. The van der Waals surface area contributed by atoms with Gasteiger partial charge in [-0.2, -0.15) is 4.98 Å². The Bertz CT molecular complexity index is 833. The molecule has 27 heavy (non-hydrogen) atoms.